The van der Waals surface area contributed by atoms with Crippen LogP contribution in [0, 0.1) is 0 Å². The third-order valence-electron chi connectivity index (χ3n) is 2.55. The number of hydrogen-bond donors (Lipinski definition) is 1. The van der Waals surface area contributed by atoms with Crippen LogP contribution in [0.1, 0.15) is 28.3 Å². The summed E-state index contributed by atoms with van der Waals surface area (Å²) >= 11 is 0. The van der Waals surface area contributed by atoms with Gasteiger partial charge >= 0.3 is 5.97 Å². The van der Waals surface area contributed by atoms with Crippen molar-refractivity contribution in [2.45, 2.75) is 12.3 Å². The second kappa shape index (κ2) is 3.84. The zero-order valence-corrected chi connectivity index (χ0v) is 8.30. The number of hydrogen-bond acceptors (Lipinski definition) is 4. The largest absolute Gasteiger partial charge is 0.550 e. The highest BCUT2D eigenvalue weighted by Gasteiger charge is 2.25. The van der Waals surface area contributed by atoms with Gasteiger partial charge in [0.15, 0.2) is 0 Å². The topological polar surface area (TPSA) is 86.7 Å². The van der Waals surface area contributed by atoms with Crippen LogP contribution < -0.4 is 9.84 Å². The van der Waals surface area contributed by atoms with Gasteiger partial charge in [-0.15, -0.1) is 0 Å². The van der Waals surface area contributed by atoms with Gasteiger partial charge in [0.1, 0.15) is 5.75 Å². The van der Waals surface area contributed by atoms with Crippen LogP contribution in [0.3, 0.4) is 0 Å². The lowest BCUT2D eigenvalue weighted by molar-refractivity contribution is -0.306. The van der Waals surface area contributed by atoms with E-state index in [4.69, 9.17) is 9.84 Å². The van der Waals surface area contributed by atoms with E-state index in [1.165, 1.54) is 12.1 Å². The van der Waals surface area contributed by atoms with Gasteiger partial charge in [0.2, 0.25) is 0 Å². The molecule has 0 aromatic heterocycles. The molecule has 0 amide bonds. The number of carbonyl (C=O) groups excluding carboxylic acids is 1. The van der Waals surface area contributed by atoms with Crippen LogP contribution >= 0.6 is 0 Å². The van der Waals surface area contributed by atoms with Crippen molar-refractivity contribution < 1.29 is 24.5 Å². The maximum absolute atomic E-state index is 10.8. The van der Waals surface area contributed by atoms with Gasteiger partial charge in [-0.1, -0.05) is 0 Å². The molecule has 1 N–H and O–H groups in total. The van der Waals surface area contributed by atoms with Gasteiger partial charge in [0, 0.05) is 17.5 Å². The molecule has 1 aliphatic rings. The van der Waals surface area contributed by atoms with Crippen LogP contribution in [0.5, 0.6) is 5.75 Å². The first-order chi connectivity index (χ1) is 7.58. The van der Waals surface area contributed by atoms with Crippen molar-refractivity contribution in [3.8, 4) is 5.75 Å². The molecule has 1 unspecified atom stereocenters. The lowest BCUT2D eigenvalue weighted by Crippen LogP contribution is -2.25. The van der Waals surface area contributed by atoms with E-state index >= 15 is 0 Å². The van der Waals surface area contributed by atoms with Gasteiger partial charge < -0.3 is 19.7 Å². The SMILES string of the molecule is O=C([O-])CC1COc2ccc(C(=O)O)cc21. The highest BCUT2D eigenvalue weighted by atomic mass is 16.5. The van der Waals surface area contributed by atoms with Gasteiger partial charge in [0.05, 0.1) is 12.2 Å². The van der Waals surface area contributed by atoms with Gasteiger partial charge in [-0.3, -0.25) is 0 Å². The fourth-order valence-corrected chi connectivity index (χ4v) is 1.78. The van der Waals surface area contributed by atoms with Gasteiger partial charge in [-0.25, -0.2) is 4.79 Å². The van der Waals surface area contributed by atoms with Crippen molar-refractivity contribution in [2.24, 2.45) is 0 Å². The molecule has 84 valence electrons. The number of aromatic carboxylic acids is 1. The number of benzene rings is 1. The predicted octanol–water partition coefficient (Wildman–Crippen LogP) is 0.000800. The average molecular weight is 221 g/mol. The molecule has 0 fully saturated rings. The van der Waals surface area contributed by atoms with Crippen molar-refractivity contribution in [2.75, 3.05) is 6.61 Å². The zero-order chi connectivity index (χ0) is 11.7. The molecule has 1 heterocycles. The molecule has 2 rings (SSSR count). The minimum atomic E-state index is -1.16. The summed E-state index contributed by atoms with van der Waals surface area (Å²) in [5.41, 5.74) is 0.761. The second-order valence-electron chi connectivity index (χ2n) is 3.64. The molecule has 0 radical (unpaired) electrons. The molecule has 5 nitrogen and oxygen atoms in total. The molecule has 1 aliphatic heterocycles. The minimum absolute atomic E-state index is 0.132. The summed E-state index contributed by atoms with van der Waals surface area (Å²) in [6.45, 7) is 0.256. The van der Waals surface area contributed by atoms with E-state index in [2.05, 4.69) is 0 Å². The summed E-state index contributed by atoms with van der Waals surface area (Å²) in [6, 6.07) is 4.44. The smallest absolute Gasteiger partial charge is 0.335 e. The van der Waals surface area contributed by atoms with Gasteiger partial charge in [-0.2, -0.15) is 0 Å². The van der Waals surface area contributed by atoms with Gasteiger partial charge in [-0.05, 0) is 24.6 Å². The highest BCUT2D eigenvalue weighted by molar-refractivity contribution is 5.88. The average Bonchev–Trinajstić information content (AvgIpc) is 2.60. The van der Waals surface area contributed by atoms with Crippen LogP contribution in [0.15, 0.2) is 18.2 Å². The van der Waals surface area contributed by atoms with E-state index in [-0.39, 0.29) is 24.5 Å². The monoisotopic (exact) mass is 221 g/mol. The fraction of sp³-hybridized carbons (Fsp3) is 0.273. The summed E-state index contributed by atoms with van der Waals surface area (Å²) < 4.78 is 5.26. The lowest BCUT2D eigenvalue weighted by Gasteiger charge is -2.09. The highest BCUT2D eigenvalue weighted by Crippen LogP contribution is 2.36. The first-order valence-corrected chi connectivity index (χ1v) is 4.78. The normalized spacial score (nSPS) is 17.6. The molecule has 1 aromatic carbocycles. The Hall–Kier alpha value is -2.04. The predicted molar refractivity (Wildman–Crippen MR) is 51.3 cm³/mol. The van der Waals surface area contributed by atoms with Crippen molar-refractivity contribution in [1.82, 2.24) is 0 Å². The number of ether oxygens (including phenoxy) is 1. The second-order valence-corrected chi connectivity index (χ2v) is 3.64. The summed E-state index contributed by atoms with van der Waals surface area (Å²) in [7, 11) is 0. The zero-order valence-electron chi connectivity index (χ0n) is 8.30. The molecule has 16 heavy (non-hydrogen) atoms. The Morgan fingerprint density at radius 2 is 2.25 bits per heavy atom. The first-order valence-electron chi connectivity index (χ1n) is 4.78. The number of aliphatic carboxylic acids is 1. The molecule has 0 saturated heterocycles. The van der Waals surface area contributed by atoms with Crippen LogP contribution in [-0.4, -0.2) is 23.7 Å². The van der Waals surface area contributed by atoms with E-state index in [1.54, 1.807) is 6.07 Å². The Bertz CT molecular complexity index is 452. The Labute approximate surface area is 91.3 Å². The van der Waals surface area contributed by atoms with Crippen molar-refractivity contribution in [3.63, 3.8) is 0 Å². The number of rotatable bonds is 3. The molecule has 0 spiro atoms. The third-order valence-corrected chi connectivity index (χ3v) is 2.55. The van der Waals surface area contributed by atoms with E-state index < -0.39 is 11.9 Å². The van der Waals surface area contributed by atoms with E-state index in [0.29, 0.717) is 11.3 Å². The quantitative estimate of drug-likeness (QED) is 0.776. The lowest BCUT2D eigenvalue weighted by atomic mass is 9.96. The Balaban J connectivity index is 2.33. The summed E-state index contributed by atoms with van der Waals surface area (Å²) in [5, 5.41) is 19.3. The number of carbonyl (C=O) groups is 2. The molecule has 0 saturated carbocycles. The molecule has 1 aromatic rings. The fourth-order valence-electron chi connectivity index (χ4n) is 1.78. The van der Waals surface area contributed by atoms with Crippen LogP contribution in [0.2, 0.25) is 0 Å². The van der Waals surface area contributed by atoms with Gasteiger partial charge in [0.25, 0.3) is 0 Å². The Morgan fingerprint density at radius 1 is 1.50 bits per heavy atom. The standard InChI is InChI=1S/C11H10O5/c12-10(13)4-7-5-16-9-2-1-6(11(14)15)3-8(7)9/h1-3,7H,4-5H2,(H,12,13)(H,14,15)/p-1. The first kappa shape index (κ1) is 10.5. The number of carboxylic acids is 2. The van der Waals surface area contributed by atoms with E-state index in [1.807, 2.05) is 0 Å². The van der Waals surface area contributed by atoms with Crippen molar-refractivity contribution >= 4 is 11.9 Å². The summed E-state index contributed by atoms with van der Waals surface area (Å²) in [6.07, 6.45) is -0.157. The van der Waals surface area contributed by atoms with Crippen LogP contribution in [0.25, 0.3) is 0 Å². The third kappa shape index (κ3) is 1.84. The Kier molecular flexibility index (Phi) is 2.52. The summed E-state index contributed by atoms with van der Waals surface area (Å²) in [4.78, 5) is 21.3. The Morgan fingerprint density at radius 3 is 2.88 bits per heavy atom. The van der Waals surface area contributed by atoms with Crippen LogP contribution in [0.4, 0.5) is 0 Å². The maximum Gasteiger partial charge on any atom is 0.335 e. The molecular weight excluding hydrogens is 212 g/mol. The minimum Gasteiger partial charge on any atom is -0.550 e. The molecule has 1 atom stereocenters. The maximum atomic E-state index is 10.8. The van der Waals surface area contributed by atoms with Crippen molar-refractivity contribution in [1.29, 1.82) is 0 Å². The molecule has 0 aliphatic carbocycles. The molecular formula is C11H9O5-. The van der Waals surface area contributed by atoms with Crippen molar-refractivity contribution in [3.05, 3.63) is 29.3 Å². The van der Waals surface area contributed by atoms with E-state index in [9.17, 15) is 14.7 Å². The summed E-state index contributed by atoms with van der Waals surface area (Å²) in [5.74, 6) is -1.97. The van der Waals surface area contributed by atoms with E-state index in [0.717, 1.165) is 0 Å². The van der Waals surface area contributed by atoms with Crippen LogP contribution in [-0.2, 0) is 4.79 Å². The number of fused-ring (bicyclic) bond motifs is 1. The molecule has 0 bridgehead atoms. The number of carboxylic acid groups (broad SMARTS) is 2. The molecule has 5 heteroatoms.